The number of likely N-dealkylation sites (N-methyl/N-ethyl adjacent to an activating group) is 1. The van der Waals surface area contributed by atoms with Crippen molar-refractivity contribution in [1.82, 2.24) is 10.2 Å². The largest absolute Gasteiger partial charge is 0.496 e. The number of likely N-dealkylation sites (tertiary alicyclic amines) is 1. The smallest absolute Gasteiger partial charge is 0.188 e. The number of hydrogen-bond donors (Lipinski definition) is 2. The first-order chi connectivity index (χ1) is 12.7. The average Bonchev–Trinajstić information content (AvgIpc) is 3.13. The molecule has 1 heterocycles. The van der Waals surface area contributed by atoms with Crippen LogP contribution in [0.4, 0.5) is 0 Å². The van der Waals surface area contributed by atoms with Gasteiger partial charge in [-0.15, -0.1) is 24.0 Å². The Balaban J connectivity index is 0.00000364. The summed E-state index contributed by atoms with van der Waals surface area (Å²) in [4.78, 5) is 6.94. The molecule has 8 heteroatoms. The van der Waals surface area contributed by atoms with Crippen LogP contribution in [0.2, 0.25) is 0 Å². The molecule has 0 spiro atoms. The van der Waals surface area contributed by atoms with Crippen molar-refractivity contribution >= 4 is 29.9 Å². The van der Waals surface area contributed by atoms with Crippen LogP contribution in [0, 0.1) is 0 Å². The highest BCUT2D eigenvalue weighted by Crippen LogP contribution is 2.27. The summed E-state index contributed by atoms with van der Waals surface area (Å²) >= 11 is 0. The highest BCUT2D eigenvalue weighted by Gasteiger charge is 2.22. The molecule has 1 aromatic carbocycles. The minimum atomic E-state index is 0. The lowest BCUT2D eigenvalue weighted by Crippen LogP contribution is -2.36. The van der Waals surface area contributed by atoms with E-state index >= 15 is 0 Å². The van der Waals surface area contributed by atoms with Crippen molar-refractivity contribution in [3.8, 4) is 17.2 Å². The van der Waals surface area contributed by atoms with Gasteiger partial charge in [0.2, 0.25) is 0 Å². The average molecular weight is 492 g/mol. The Labute approximate surface area is 179 Å². The summed E-state index contributed by atoms with van der Waals surface area (Å²) in [5, 5.41) is 3.15. The molecule has 0 aromatic heterocycles. The van der Waals surface area contributed by atoms with Crippen molar-refractivity contribution in [2.75, 3.05) is 47.0 Å². The van der Waals surface area contributed by atoms with E-state index in [4.69, 9.17) is 19.9 Å². The van der Waals surface area contributed by atoms with E-state index in [2.05, 4.69) is 22.1 Å². The summed E-state index contributed by atoms with van der Waals surface area (Å²) in [5.41, 5.74) is 5.95. The topological polar surface area (TPSA) is 81.3 Å². The quantitative estimate of drug-likeness (QED) is 0.226. The summed E-state index contributed by atoms with van der Waals surface area (Å²) in [6.45, 7) is 6.52. The maximum absolute atomic E-state index is 5.95. The molecule has 1 aliphatic heterocycles. The van der Waals surface area contributed by atoms with Gasteiger partial charge in [0.15, 0.2) is 5.96 Å². The van der Waals surface area contributed by atoms with E-state index in [-0.39, 0.29) is 24.0 Å². The van der Waals surface area contributed by atoms with Crippen LogP contribution in [-0.2, 0) is 0 Å². The molecule has 1 fully saturated rings. The number of methoxy groups -OCH3 is 2. The first-order valence-corrected chi connectivity index (χ1v) is 9.30. The molecule has 154 valence electrons. The van der Waals surface area contributed by atoms with E-state index in [1.165, 1.54) is 19.4 Å². The van der Waals surface area contributed by atoms with Crippen molar-refractivity contribution < 1.29 is 14.2 Å². The number of aliphatic imine (C=N–C) groups is 1. The standard InChI is InChI=1S/C19H32N4O3.HI/c1-4-23-9-5-7-15(23)14-22-19(20)21-8-6-10-26-18-12-16(24-2)11-17(13-18)25-3;/h11-13,15H,4-10,14H2,1-3H3,(H3,20,21,22);1H. The normalized spacial score (nSPS) is 17.3. The molecule has 1 aromatic rings. The summed E-state index contributed by atoms with van der Waals surface area (Å²) in [5.74, 6) is 2.66. The molecule has 1 aliphatic rings. The molecule has 0 radical (unpaired) electrons. The molecule has 7 nitrogen and oxygen atoms in total. The molecular formula is C19H33IN4O3. The molecule has 2 rings (SSSR count). The fourth-order valence-electron chi connectivity index (χ4n) is 3.12. The Bertz CT molecular complexity index is 564. The second-order valence-corrected chi connectivity index (χ2v) is 6.33. The fourth-order valence-corrected chi connectivity index (χ4v) is 3.12. The van der Waals surface area contributed by atoms with Crippen LogP contribution in [0.1, 0.15) is 26.2 Å². The molecule has 0 bridgehead atoms. The molecule has 0 amide bonds. The summed E-state index contributed by atoms with van der Waals surface area (Å²) in [6, 6.07) is 6.03. The van der Waals surface area contributed by atoms with E-state index in [0.29, 0.717) is 30.1 Å². The number of nitrogens with two attached hydrogens (primary N) is 1. The van der Waals surface area contributed by atoms with Gasteiger partial charge in [-0.2, -0.15) is 0 Å². The van der Waals surface area contributed by atoms with Gasteiger partial charge in [-0.25, -0.2) is 0 Å². The van der Waals surface area contributed by atoms with Crippen molar-refractivity contribution in [2.24, 2.45) is 10.7 Å². The third kappa shape index (κ3) is 8.00. The van der Waals surface area contributed by atoms with Crippen LogP contribution in [0.15, 0.2) is 23.2 Å². The lowest BCUT2D eigenvalue weighted by atomic mass is 10.2. The monoisotopic (exact) mass is 492 g/mol. The minimum Gasteiger partial charge on any atom is -0.496 e. The number of rotatable bonds is 10. The summed E-state index contributed by atoms with van der Waals surface area (Å²) in [6.07, 6.45) is 3.29. The van der Waals surface area contributed by atoms with E-state index in [9.17, 15) is 0 Å². The van der Waals surface area contributed by atoms with Crippen LogP contribution >= 0.6 is 24.0 Å². The number of halogens is 1. The zero-order valence-electron chi connectivity index (χ0n) is 16.6. The Hall–Kier alpha value is -1.42. The summed E-state index contributed by atoms with van der Waals surface area (Å²) in [7, 11) is 3.24. The highest BCUT2D eigenvalue weighted by molar-refractivity contribution is 14.0. The predicted octanol–water partition coefficient (Wildman–Crippen LogP) is 2.48. The van der Waals surface area contributed by atoms with Gasteiger partial charge in [0.05, 0.1) is 27.4 Å². The minimum absolute atomic E-state index is 0. The predicted molar refractivity (Wildman–Crippen MR) is 120 cm³/mol. The van der Waals surface area contributed by atoms with E-state index in [1.54, 1.807) is 14.2 Å². The van der Waals surface area contributed by atoms with Crippen LogP contribution < -0.4 is 25.3 Å². The lowest BCUT2D eigenvalue weighted by Gasteiger charge is -2.20. The number of nitrogens with one attached hydrogen (secondary N) is 1. The molecule has 0 saturated carbocycles. The number of nitrogens with zero attached hydrogens (tertiary/aromatic N) is 2. The van der Waals surface area contributed by atoms with Crippen LogP contribution in [-0.4, -0.2) is 63.9 Å². The van der Waals surface area contributed by atoms with Crippen LogP contribution in [0.25, 0.3) is 0 Å². The van der Waals surface area contributed by atoms with Crippen molar-refractivity contribution in [3.05, 3.63) is 18.2 Å². The Morgan fingerprint density at radius 2 is 1.89 bits per heavy atom. The van der Waals surface area contributed by atoms with Gasteiger partial charge in [0.25, 0.3) is 0 Å². The second-order valence-electron chi connectivity index (χ2n) is 6.33. The van der Waals surface area contributed by atoms with Crippen LogP contribution in [0.3, 0.4) is 0 Å². The lowest BCUT2D eigenvalue weighted by molar-refractivity contribution is 0.273. The zero-order chi connectivity index (χ0) is 18.8. The van der Waals surface area contributed by atoms with Gasteiger partial charge in [0, 0.05) is 30.8 Å². The van der Waals surface area contributed by atoms with Gasteiger partial charge in [-0.05, 0) is 32.4 Å². The maximum atomic E-state index is 5.95. The van der Waals surface area contributed by atoms with Crippen molar-refractivity contribution in [1.29, 1.82) is 0 Å². The summed E-state index contributed by atoms with van der Waals surface area (Å²) < 4.78 is 16.2. The van der Waals surface area contributed by atoms with Crippen molar-refractivity contribution in [2.45, 2.75) is 32.2 Å². The van der Waals surface area contributed by atoms with Gasteiger partial charge in [-0.1, -0.05) is 6.92 Å². The number of ether oxygens (including phenoxy) is 3. The molecule has 3 N–H and O–H groups in total. The number of guanidine groups is 1. The van der Waals surface area contributed by atoms with E-state index in [0.717, 1.165) is 31.8 Å². The van der Waals surface area contributed by atoms with Crippen LogP contribution in [0.5, 0.6) is 17.2 Å². The van der Waals surface area contributed by atoms with Crippen molar-refractivity contribution in [3.63, 3.8) is 0 Å². The molecule has 0 aliphatic carbocycles. The van der Waals surface area contributed by atoms with E-state index < -0.39 is 0 Å². The maximum Gasteiger partial charge on any atom is 0.188 e. The number of hydrogen-bond acceptors (Lipinski definition) is 5. The Kier molecular flexibility index (Phi) is 11.3. The molecule has 1 unspecified atom stereocenters. The fraction of sp³-hybridized carbons (Fsp3) is 0.632. The molecular weight excluding hydrogens is 459 g/mol. The van der Waals surface area contributed by atoms with Gasteiger partial charge < -0.3 is 25.3 Å². The third-order valence-electron chi connectivity index (χ3n) is 4.60. The number of benzene rings is 1. The van der Waals surface area contributed by atoms with Gasteiger partial charge in [-0.3, -0.25) is 9.89 Å². The highest BCUT2D eigenvalue weighted by atomic mass is 127. The SMILES string of the molecule is CCN1CCCC1CN=C(N)NCCCOc1cc(OC)cc(OC)c1.I. The first kappa shape index (κ1) is 23.6. The third-order valence-corrected chi connectivity index (χ3v) is 4.60. The van der Waals surface area contributed by atoms with Gasteiger partial charge >= 0.3 is 0 Å². The Morgan fingerprint density at radius 3 is 2.52 bits per heavy atom. The molecule has 1 saturated heterocycles. The van der Waals surface area contributed by atoms with E-state index in [1.807, 2.05) is 18.2 Å². The Morgan fingerprint density at radius 1 is 1.22 bits per heavy atom. The molecule has 27 heavy (non-hydrogen) atoms. The first-order valence-electron chi connectivity index (χ1n) is 9.30. The van der Waals surface area contributed by atoms with Gasteiger partial charge in [0.1, 0.15) is 17.2 Å². The zero-order valence-corrected chi connectivity index (χ0v) is 18.9. The molecule has 1 atom stereocenters. The second kappa shape index (κ2) is 12.9.